The maximum absolute atomic E-state index is 12.3. The zero-order valence-electron chi connectivity index (χ0n) is 14.9. The smallest absolute Gasteiger partial charge is 0.303 e. The number of hydrogen-bond donors (Lipinski definition) is 2. The maximum Gasteiger partial charge on any atom is 0.303 e. The van der Waals surface area contributed by atoms with Gasteiger partial charge in [-0.1, -0.05) is 0 Å². The topological polar surface area (TPSA) is 113 Å². The summed E-state index contributed by atoms with van der Waals surface area (Å²) in [7, 11) is 1.65. The zero-order chi connectivity index (χ0) is 18.4. The second-order valence-electron chi connectivity index (χ2n) is 7.20. The van der Waals surface area contributed by atoms with Crippen LogP contribution in [0.15, 0.2) is 0 Å². The third kappa shape index (κ3) is 5.15. The molecule has 8 heteroatoms. The SMILES string of the molecule is COCCCN1CC2(CCN(C(=O)[C@@H](N)CCC(=O)O)CC2)CC1=O. The highest BCUT2D eigenvalue weighted by Crippen LogP contribution is 2.41. The fourth-order valence-corrected chi connectivity index (χ4v) is 3.76. The van der Waals surface area contributed by atoms with E-state index in [1.165, 1.54) is 0 Å². The average molecular weight is 355 g/mol. The van der Waals surface area contributed by atoms with E-state index in [1.807, 2.05) is 4.90 Å². The summed E-state index contributed by atoms with van der Waals surface area (Å²) in [5, 5.41) is 8.70. The number of rotatable bonds is 8. The highest BCUT2D eigenvalue weighted by Gasteiger charge is 2.45. The molecule has 0 aromatic carbocycles. The van der Waals surface area contributed by atoms with E-state index in [-0.39, 0.29) is 30.1 Å². The molecule has 25 heavy (non-hydrogen) atoms. The first kappa shape index (κ1) is 19.7. The van der Waals surface area contributed by atoms with Crippen molar-refractivity contribution in [2.45, 2.75) is 44.6 Å². The summed E-state index contributed by atoms with van der Waals surface area (Å²) >= 11 is 0. The summed E-state index contributed by atoms with van der Waals surface area (Å²) in [6.07, 6.45) is 3.01. The fourth-order valence-electron chi connectivity index (χ4n) is 3.76. The van der Waals surface area contributed by atoms with Crippen molar-refractivity contribution in [1.82, 2.24) is 9.80 Å². The van der Waals surface area contributed by atoms with Gasteiger partial charge in [-0.3, -0.25) is 14.4 Å². The molecular weight excluding hydrogens is 326 g/mol. The van der Waals surface area contributed by atoms with Crippen molar-refractivity contribution < 1.29 is 24.2 Å². The summed E-state index contributed by atoms with van der Waals surface area (Å²) in [5.41, 5.74) is 5.79. The molecule has 1 spiro atoms. The molecule has 2 rings (SSSR count). The summed E-state index contributed by atoms with van der Waals surface area (Å²) in [6, 6.07) is -0.763. The second-order valence-corrected chi connectivity index (χ2v) is 7.20. The molecule has 142 valence electrons. The second kappa shape index (κ2) is 8.62. The number of carbonyl (C=O) groups excluding carboxylic acids is 2. The van der Waals surface area contributed by atoms with E-state index in [4.69, 9.17) is 15.6 Å². The molecule has 2 heterocycles. The van der Waals surface area contributed by atoms with Gasteiger partial charge >= 0.3 is 5.97 Å². The molecule has 2 amide bonds. The van der Waals surface area contributed by atoms with Crippen molar-refractivity contribution in [2.75, 3.05) is 39.9 Å². The molecule has 8 nitrogen and oxygen atoms in total. The molecule has 2 aliphatic heterocycles. The van der Waals surface area contributed by atoms with Crippen LogP contribution in [0.2, 0.25) is 0 Å². The van der Waals surface area contributed by atoms with Crippen molar-refractivity contribution in [3.63, 3.8) is 0 Å². The molecule has 0 radical (unpaired) electrons. The molecule has 0 saturated carbocycles. The van der Waals surface area contributed by atoms with E-state index < -0.39 is 12.0 Å². The first-order valence-corrected chi connectivity index (χ1v) is 8.90. The first-order valence-electron chi connectivity index (χ1n) is 8.90. The number of carboxylic acid groups (broad SMARTS) is 1. The van der Waals surface area contributed by atoms with E-state index in [2.05, 4.69) is 0 Å². The lowest BCUT2D eigenvalue weighted by atomic mass is 9.77. The van der Waals surface area contributed by atoms with Gasteiger partial charge in [0.1, 0.15) is 0 Å². The molecule has 2 saturated heterocycles. The van der Waals surface area contributed by atoms with Gasteiger partial charge in [0, 0.05) is 58.2 Å². The number of carboxylic acids is 1. The van der Waals surface area contributed by atoms with Gasteiger partial charge in [-0.2, -0.15) is 0 Å². The van der Waals surface area contributed by atoms with Crippen LogP contribution in [0, 0.1) is 5.41 Å². The number of amides is 2. The van der Waals surface area contributed by atoms with Crippen LogP contribution in [0.3, 0.4) is 0 Å². The molecule has 0 aliphatic carbocycles. The van der Waals surface area contributed by atoms with Gasteiger partial charge in [-0.15, -0.1) is 0 Å². The Bertz CT molecular complexity index is 503. The van der Waals surface area contributed by atoms with Gasteiger partial charge in [0.05, 0.1) is 6.04 Å². The van der Waals surface area contributed by atoms with Crippen molar-refractivity contribution in [2.24, 2.45) is 11.1 Å². The number of nitrogens with two attached hydrogens (primary N) is 1. The predicted molar refractivity (Wildman–Crippen MR) is 90.8 cm³/mol. The van der Waals surface area contributed by atoms with E-state index in [1.54, 1.807) is 12.0 Å². The molecule has 0 aromatic rings. The van der Waals surface area contributed by atoms with Gasteiger partial charge < -0.3 is 25.4 Å². The van der Waals surface area contributed by atoms with Crippen molar-refractivity contribution in [1.29, 1.82) is 0 Å². The average Bonchev–Trinajstić information content (AvgIpc) is 2.88. The number of aliphatic carboxylic acids is 1. The lowest BCUT2D eigenvalue weighted by Gasteiger charge is -2.39. The quantitative estimate of drug-likeness (QED) is 0.595. The van der Waals surface area contributed by atoms with Crippen LogP contribution in [0.4, 0.5) is 0 Å². The largest absolute Gasteiger partial charge is 0.481 e. The Hall–Kier alpha value is -1.67. The van der Waals surface area contributed by atoms with Crippen LogP contribution in [-0.4, -0.2) is 78.6 Å². The molecule has 0 aromatic heterocycles. The van der Waals surface area contributed by atoms with Crippen molar-refractivity contribution in [3.05, 3.63) is 0 Å². The Morgan fingerprint density at radius 2 is 2.04 bits per heavy atom. The van der Waals surface area contributed by atoms with E-state index in [0.29, 0.717) is 26.1 Å². The number of nitrogens with zero attached hydrogens (tertiary/aromatic N) is 2. The summed E-state index contributed by atoms with van der Waals surface area (Å²) < 4.78 is 5.04. The standard InChI is InChI=1S/C17H29N3O5/c1-25-10-2-7-20-12-17(11-14(20)21)5-8-19(9-6-17)16(24)13(18)3-4-15(22)23/h13H,2-12,18H2,1H3,(H,22,23)/t13-/m0/s1. The minimum atomic E-state index is -0.945. The molecule has 1 atom stereocenters. The Kier molecular flexibility index (Phi) is 6.78. The first-order chi connectivity index (χ1) is 11.9. The summed E-state index contributed by atoms with van der Waals surface area (Å²) in [6.45, 7) is 3.28. The Morgan fingerprint density at radius 1 is 1.36 bits per heavy atom. The van der Waals surface area contributed by atoms with Crippen LogP contribution in [0.5, 0.6) is 0 Å². The monoisotopic (exact) mass is 355 g/mol. The molecular formula is C17H29N3O5. The number of piperidine rings is 1. The van der Waals surface area contributed by atoms with Gasteiger partial charge in [0.15, 0.2) is 0 Å². The molecule has 0 bridgehead atoms. The normalized spacial score (nSPS) is 21.0. The molecule has 3 N–H and O–H groups in total. The zero-order valence-corrected chi connectivity index (χ0v) is 14.9. The third-order valence-corrected chi connectivity index (χ3v) is 5.30. The van der Waals surface area contributed by atoms with Gasteiger partial charge in [0.2, 0.25) is 11.8 Å². The lowest BCUT2D eigenvalue weighted by Crippen LogP contribution is -2.50. The summed E-state index contributed by atoms with van der Waals surface area (Å²) in [4.78, 5) is 38.8. The molecule has 0 unspecified atom stereocenters. The van der Waals surface area contributed by atoms with Gasteiger partial charge in [-0.05, 0) is 25.7 Å². The van der Waals surface area contributed by atoms with Crippen LogP contribution in [0.1, 0.15) is 38.5 Å². The predicted octanol–water partition coefficient (Wildman–Crippen LogP) is 0.0561. The van der Waals surface area contributed by atoms with Crippen molar-refractivity contribution in [3.8, 4) is 0 Å². The fraction of sp³-hybridized carbons (Fsp3) is 0.824. The molecule has 2 fully saturated rings. The number of carbonyl (C=O) groups is 3. The number of likely N-dealkylation sites (tertiary alicyclic amines) is 2. The summed E-state index contributed by atoms with van der Waals surface area (Å²) in [5.74, 6) is -0.940. The van der Waals surface area contributed by atoms with Crippen LogP contribution in [-0.2, 0) is 19.1 Å². The Balaban J connectivity index is 1.81. The molecule has 2 aliphatic rings. The number of ether oxygens (including phenoxy) is 1. The van der Waals surface area contributed by atoms with Gasteiger partial charge in [0.25, 0.3) is 0 Å². The lowest BCUT2D eigenvalue weighted by molar-refractivity contribution is -0.138. The third-order valence-electron chi connectivity index (χ3n) is 5.30. The van der Waals surface area contributed by atoms with E-state index >= 15 is 0 Å². The minimum Gasteiger partial charge on any atom is -0.481 e. The number of methoxy groups -OCH3 is 1. The highest BCUT2D eigenvalue weighted by molar-refractivity contribution is 5.83. The van der Waals surface area contributed by atoms with Crippen LogP contribution >= 0.6 is 0 Å². The number of hydrogen-bond acceptors (Lipinski definition) is 5. The Labute approximate surface area is 148 Å². The van der Waals surface area contributed by atoms with Crippen molar-refractivity contribution >= 4 is 17.8 Å². The highest BCUT2D eigenvalue weighted by atomic mass is 16.5. The van der Waals surface area contributed by atoms with E-state index in [0.717, 1.165) is 32.4 Å². The Morgan fingerprint density at radius 3 is 2.64 bits per heavy atom. The van der Waals surface area contributed by atoms with E-state index in [9.17, 15) is 14.4 Å². The van der Waals surface area contributed by atoms with Crippen LogP contribution < -0.4 is 5.73 Å². The van der Waals surface area contributed by atoms with Gasteiger partial charge in [-0.25, -0.2) is 0 Å². The maximum atomic E-state index is 12.3. The van der Waals surface area contributed by atoms with Crippen LogP contribution in [0.25, 0.3) is 0 Å². The minimum absolute atomic E-state index is 0.0356.